The zero-order valence-corrected chi connectivity index (χ0v) is 10.4. The van der Waals surface area contributed by atoms with Crippen LogP contribution in [0.4, 0.5) is 11.8 Å². The maximum Gasteiger partial charge on any atom is 0.224 e. The Bertz CT molecular complexity index is 330. The van der Waals surface area contributed by atoms with E-state index in [-0.39, 0.29) is 0 Å². The molecule has 1 heterocycles. The van der Waals surface area contributed by atoms with E-state index in [0.717, 1.165) is 24.4 Å². The molecule has 1 atom stereocenters. The Morgan fingerprint density at radius 2 is 2.25 bits per heavy atom. The average Bonchev–Trinajstić information content (AvgIpc) is 2.29. The van der Waals surface area contributed by atoms with E-state index >= 15 is 0 Å². The molecule has 0 spiro atoms. The summed E-state index contributed by atoms with van der Waals surface area (Å²) in [7, 11) is 3.52. The molecule has 5 heteroatoms. The SMILES string of the molecule is CNc1ncc(C)c(NC(C)CCOC)n1. The highest BCUT2D eigenvalue weighted by molar-refractivity contribution is 5.46. The smallest absolute Gasteiger partial charge is 0.224 e. The van der Waals surface area contributed by atoms with Crippen LogP contribution in [-0.2, 0) is 4.74 Å². The van der Waals surface area contributed by atoms with Gasteiger partial charge in [0, 0.05) is 38.6 Å². The third-order valence-electron chi connectivity index (χ3n) is 2.33. The molecule has 2 N–H and O–H groups in total. The van der Waals surface area contributed by atoms with Crippen molar-refractivity contribution in [3.05, 3.63) is 11.8 Å². The van der Waals surface area contributed by atoms with Gasteiger partial charge in [0.2, 0.25) is 5.95 Å². The number of hydrogen-bond acceptors (Lipinski definition) is 5. The summed E-state index contributed by atoms with van der Waals surface area (Å²) in [6.07, 6.45) is 2.76. The van der Waals surface area contributed by atoms with Crippen molar-refractivity contribution in [1.82, 2.24) is 9.97 Å². The number of aryl methyl sites for hydroxylation is 1. The number of anilines is 2. The molecule has 1 aromatic heterocycles. The van der Waals surface area contributed by atoms with Gasteiger partial charge < -0.3 is 15.4 Å². The number of nitrogens with one attached hydrogen (secondary N) is 2. The molecule has 16 heavy (non-hydrogen) atoms. The molecule has 0 saturated heterocycles. The number of nitrogens with zero attached hydrogens (tertiary/aromatic N) is 2. The Morgan fingerprint density at radius 1 is 1.50 bits per heavy atom. The third-order valence-corrected chi connectivity index (χ3v) is 2.33. The van der Waals surface area contributed by atoms with Crippen LogP contribution in [-0.4, -0.2) is 36.8 Å². The number of ether oxygens (including phenoxy) is 1. The molecule has 0 radical (unpaired) electrons. The lowest BCUT2D eigenvalue weighted by molar-refractivity contribution is 0.191. The van der Waals surface area contributed by atoms with Gasteiger partial charge in [0.15, 0.2) is 0 Å². The molecule has 0 fully saturated rings. The van der Waals surface area contributed by atoms with E-state index in [4.69, 9.17) is 4.74 Å². The van der Waals surface area contributed by atoms with Crippen LogP contribution < -0.4 is 10.6 Å². The Labute approximate surface area is 96.6 Å². The lowest BCUT2D eigenvalue weighted by atomic mass is 10.2. The summed E-state index contributed by atoms with van der Waals surface area (Å²) in [5.41, 5.74) is 1.04. The summed E-state index contributed by atoms with van der Waals surface area (Å²) in [5.74, 6) is 1.51. The molecule has 0 bridgehead atoms. The highest BCUT2D eigenvalue weighted by Crippen LogP contribution is 2.14. The van der Waals surface area contributed by atoms with Crippen molar-refractivity contribution in [2.24, 2.45) is 0 Å². The molecule has 1 unspecified atom stereocenters. The molecule has 0 aromatic carbocycles. The van der Waals surface area contributed by atoms with Crippen LogP contribution >= 0.6 is 0 Å². The normalized spacial score (nSPS) is 12.2. The molecular weight excluding hydrogens is 204 g/mol. The maximum absolute atomic E-state index is 5.04. The van der Waals surface area contributed by atoms with Gasteiger partial charge in [-0.1, -0.05) is 0 Å². The summed E-state index contributed by atoms with van der Waals surface area (Å²) >= 11 is 0. The van der Waals surface area contributed by atoms with Crippen molar-refractivity contribution in [2.75, 3.05) is 31.4 Å². The zero-order chi connectivity index (χ0) is 12.0. The monoisotopic (exact) mass is 224 g/mol. The summed E-state index contributed by atoms with van der Waals surface area (Å²) in [6.45, 7) is 4.85. The number of hydrogen-bond donors (Lipinski definition) is 2. The van der Waals surface area contributed by atoms with E-state index in [2.05, 4.69) is 27.5 Å². The van der Waals surface area contributed by atoms with E-state index in [0.29, 0.717) is 12.0 Å². The Balaban J connectivity index is 2.64. The third kappa shape index (κ3) is 3.66. The first kappa shape index (κ1) is 12.7. The number of aromatic nitrogens is 2. The van der Waals surface area contributed by atoms with Gasteiger partial charge in [0.25, 0.3) is 0 Å². The second-order valence-corrected chi connectivity index (χ2v) is 3.80. The quantitative estimate of drug-likeness (QED) is 0.769. The van der Waals surface area contributed by atoms with Gasteiger partial charge in [-0.3, -0.25) is 0 Å². The first-order valence-electron chi connectivity index (χ1n) is 5.44. The highest BCUT2D eigenvalue weighted by atomic mass is 16.5. The Morgan fingerprint density at radius 3 is 2.88 bits per heavy atom. The first-order valence-corrected chi connectivity index (χ1v) is 5.44. The summed E-state index contributed by atoms with van der Waals surface area (Å²) in [6, 6.07) is 0.332. The van der Waals surface area contributed by atoms with E-state index in [1.807, 2.05) is 20.2 Å². The fraction of sp³-hybridized carbons (Fsp3) is 0.636. The van der Waals surface area contributed by atoms with Gasteiger partial charge in [0.1, 0.15) is 5.82 Å². The molecule has 0 amide bonds. The molecule has 0 saturated carbocycles. The first-order chi connectivity index (χ1) is 7.67. The number of methoxy groups -OCH3 is 1. The van der Waals surface area contributed by atoms with Crippen LogP contribution in [0.5, 0.6) is 0 Å². The molecule has 90 valence electrons. The zero-order valence-electron chi connectivity index (χ0n) is 10.4. The summed E-state index contributed by atoms with van der Waals surface area (Å²) in [4.78, 5) is 8.50. The van der Waals surface area contributed by atoms with Crippen LogP contribution in [0.15, 0.2) is 6.20 Å². The summed E-state index contributed by atoms with van der Waals surface area (Å²) in [5, 5.41) is 6.27. The molecule has 0 aliphatic rings. The Hall–Kier alpha value is -1.36. The standard InChI is InChI=1S/C11H20N4O/c1-8-7-13-11(12-3)15-10(8)14-9(2)5-6-16-4/h7,9H,5-6H2,1-4H3,(H2,12,13,14,15). The second-order valence-electron chi connectivity index (χ2n) is 3.80. The molecule has 0 aliphatic carbocycles. The van der Waals surface area contributed by atoms with Crippen LogP contribution in [0.1, 0.15) is 18.9 Å². The van der Waals surface area contributed by atoms with Crippen molar-refractivity contribution in [3.8, 4) is 0 Å². The van der Waals surface area contributed by atoms with Crippen molar-refractivity contribution >= 4 is 11.8 Å². The molecular formula is C11H20N4O. The van der Waals surface area contributed by atoms with Gasteiger partial charge in [-0.15, -0.1) is 0 Å². The highest BCUT2D eigenvalue weighted by Gasteiger charge is 2.06. The van der Waals surface area contributed by atoms with E-state index in [1.54, 1.807) is 7.11 Å². The minimum Gasteiger partial charge on any atom is -0.385 e. The van der Waals surface area contributed by atoms with Crippen molar-refractivity contribution in [1.29, 1.82) is 0 Å². The molecule has 0 aliphatic heterocycles. The lowest BCUT2D eigenvalue weighted by Gasteiger charge is -2.15. The van der Waals surface area contributed by atoms with E-state index in [9.17, 15) is 0 Å². The van der Waals surface area contributed by atoms with Gasteiger partial charge in [-0.2, -0.15) is 4.98 Å². The van der Waals surface area contributed by atoms with E-state index < -0.39 is 0 Å². The minimum absolute atomic E-state index is 0.332. The minimum atomic E-state index is 0.332. The van der Waals surface area contributed by atoms with E-state index in [1.165, 1.54) is 0 Å². The second kappa shape index (κ2) is 6.27. The van der Waals surface area contributed by atoms with Crippen LogP contribution in [0, 0.1) is 6.92 Å². The number of rotatable bonds is 6. The van der Waals surface area contributed by atoms with Crippen molar-refractivity contribution < 1.29 is 4.74 Å². The van der Waals surface area contributed by atoms with Crippen molar-refractivity contribution in [2.45, 2.75) is 26.3 Å². The largest absolute Gasteiger partial charge is 0.385 e. The lowest BCUT2D eigenvalue weighted by Crippen LogP contribution is -2.19. The van der Waals surface area contributed by atoms with Crippen LogP contribution in [0.2, 0.25) is 0 Å². The maximum atomic E-state index is 5.04. The molecule has 5 nitrogen and oxygen atoms in total. The van der Waals surface area contributed by atoms with Gasteiger partial charge in [0.05, 0.1) is 0 Å². The van der Waals surface area contributed by atoms with Gasteiger partial charge in [-0.05, 0) is 20.3 Å². The molecule has 1 rings (SSSR count). The fourth-order valence-electron chi connectivity index (χ4n) is 1.31. The van der Waals surface area contributed by atoms with Gasteiger partial charge in [-0.25, -0.2) is 4.98 Å². The predicted octanol–water partition coefficient (Wildman–Crippen LogP) is 1.66. The van der Waals surface area contributed by atoms with Gasteiger partial charge >= 0.3 is 0 Å². The Kier molecular flexibility index (Phi) is 4.98. The predicted molar refractivity (Wildman–Crippen MR) is 65.9 cm³/mol. The topological polar surface area (TPSA) is 59.1 Å². The van der Waals surface area contributed by atoms with Crippen LogP contribution in [0.25, 0.3) is 0 Å². The fourth-order valence-corrected chi connectivity index (χ4v) is 1.31. The van der Waals surface area contributed by atoms with Crippen molar-refractivity contribution in [3.63, 3.8) is 0 Å². The van der Waals surface area contributed by atoms with Crippen LogP contribution in [0.3, 0.4) is 0 Å². The molecule has 1 aromatic rings. The average molecular weight is 224 g/mol. The summed E-state index contributed by atoms with van der Waals surface area (Å²) < 4.78 is 5.04.